The fourth-order valence-corrected chi connectivity index (χ4v) is 3.45. The van der Waals surface area contributed by atoms with E-state index in [0.29, 0.717) is 22.4 Å². The second kappa shape index (κ2) is 6.30. The Labute approximate surface area is 137 Å². The summed E-state index contributed by atoms with van der Waals surface area (Å²) in [6, 6.07) is 12.1. The molecule has 1 heterocycles. The third kappa shape index (κ3) is 3.00. The Hall–Kier alpha value is -2.53. The number of thiazole rings is 1. The largest absolute Gasteiger partial charge is 0.310 e. The summed E-state index contributed by atoms with van der Waals surface area (Å²) in [7, 11) is 0. The van der Waals surface area contributed by atoms with E-state index in [1.165, 1.54) is 17.4 Å². The molecule has 0 spiro atoms. The van der Waals surface area contributed by atoms with E-state index >= 15 is 0 Å². The van der Waals surface area contributed by atoms with E-state index in [-0.39, 0.29) is 11.7 Å². The van der Waals surface area contributed by atoms with Crippen molar-refractivity contribution in [2.75, 3.05) is 0 Å². The highest BCUT2D eigenvalue weighted by molar-refractivity contribution is 7.16. The predicted octanol–water partition coefficient (Wildman–Crippen LogP) is 4.08. The monoisotopic (exact) mass is 326 g/mol. The van der Waals surface area contributed by atoms with Crippen LogP contribution in [0.1, 0.15) is 15.9 Å². The van der Waals surface area contributed by atoms with Crippen LogP contribution in [0.3, 0.4) is 0 Å². The number of hydrogen-bond donors (Lipinski definition) is 0. The van der Waals surface area contributed by atoms with Gasteiger partial charge in [-0.2, -0.15) is 4.99 Å². The van der Waals surface area contributed by atoms with Gasteiger partial charge in [0.25, 0.3) is 5.91 Å². The molecule has 0 unspecified atom stereocenters. The fourth-order valence-electron chi connectivity index (χ4n) is 2.40. The molecule has 23 heavy (non-hydrogen) atoms. The van der Waals surface area contributed by atoms with Gasteiger partial charge in [-0.1, -0.05) is 41.2 Å². The molecule has 3 aromatic rings. The van der Waals surface area contributed by atoms with E-state index in [2.05, 4.69) is 11.6 Å². The first-order valence-corrected chi connectivity index (χ1v) is 7.96. The van der Waals surface area contributed by atoms with Crippen LogP contribution >= 0.6 is 11.3 Å². The van der Waals surface area contributed by atoms with Crippen LogP contribution in [0.2, 0.25) is 0 Å². The summed E-state index contributed by atoms with van der Waals surface area (Å²) in [6.45, 7) is 6.01. The van der Waals surface area contributed by atoms with Crippen molar-refractivity contribution in [3.8, 4) is 0 Å². The van der Waals surface area contributed by atoms with Gasteiger partial charge in [0.2, 0.25) is 0 Å². The number of aryl methyl sites for hydroxylation is 1. The van der Waals surface area contributed by atoms with Crippen LogP contribution in [0.4, 0.5) is 4.39 Å². The third-order valence-corrected chi connectivity index (χ3v) is 4.47. The van der Waals surface area contributed by atoms with Crippen molar-refractivity contribution in [3.05, 3.63) is 76.9 Å². The number of carbonyl (C=O) groups excluding carboxylic acids is 1. The number of allylic oxidation sites excluding steroid dienone is 1. The molecule has 5 heteroatoms. The van der Waals surface area contributed by atoms with Crippen LogP contribution in [-0.2, 0) is 6.54 Å². The SMILES string of the molecule is C=CCn1c(=NC(=O)c2cccc(C)c2)sc2cccc(F)c21. The van der Waals surface area contributed by atoms with Crippen LogP contribution in [-0.4, -0.2) is 10.5 Å². The van der Waals surface area contributed by atoms with Crippen molar-refractivity contribution in [2.24, 2.45) is 4.99 Å². The summed E-state index contributed by atoms with van der Waals surface area (Å²) < 4.78 is 16.6. The van der Waals surface area contributed by atoms with Crippen molar-refractivity contribution >= 4 is 27.5 Å². The van der Waals surface area contributed by atoms with Crippen molar-refractivity contribution in [3.63, 3.8) is 0 Å². The van der Waals surface area contributed by atoms with Gasteiger partial charge < -0.3 is 4.57 Å². The minimum atomic E-state index is -0.335. The molecule has 0 fully saturated rings. The number of hydrogen-bond acceptors (Lipinski definition) is 2. The van der Waals surface area contributed by atoms with Crippen LogP contribution in [0.25, 0.3) is 10.2 Å². The second-order valence-electron chi connectivity index (χ2n) is 5.16. The summed E-state index contributed by atoms with van der Waals surface area (Å²) in [4.78, 5) is 17.1. The standard InChI is InChI=1S/C18H15FN2OS/c1-3-10-21-16-14(19)8-5-9-15(16)23-18(21)20-17(22)13-7-4-6-12(2)11-13/h3-9,11H,1,10H2,2H3. The predicted molar refractivity (Wildman–Crippen MR) is 91.0 cm³/mol. The average Bonchev–Trinajstić information content (AvgIpc) is 2.86. The van der Waals surface area contributed by atoms with Crippen LogP contribution in [0.5, 0.6) is 0 Å². The first kappa shape index (κ1) is 15.4. The zero-order valence-electron chi connectivity index (χ0n) is 12.6. The smallest absolute Gasteiger partial charge is 0.279 e. The Balaban J connectivity index is 2.18. The van der Waals surface area contributed by atoms with Gasteiger partial charge in [-0.15, -0.1) is 6.58 Å². The first-order chi connectivity index (χ1) is 11.1. The molecular weight excluding hydrogens is 311 g/mol. The fraction of sp³-hybridized carbons (Fsp3) is 0.111. The number of fused-ring (bicyclic) bond motifs is 1. The van der Waals surface area contributed by atoms with Crippen molar-refractivity contribution in [2.45, 2.75) is 13.5 Å². The Morgan fingerprint density at radius 1 is 1.35 bits per heavy atom. The van der Waals surface area contributed by atoms with E-state index in [0.717, 1.165) is 10.3 Å². The lowest BCUT2D eigenvalue weighted by Gasteiger charge is -2.02. The number of benzene rings is 2. The number of halogens is 1. The highest BCUT2D eigenvalue weighted by atomic mass is 32.1. The van der Waals surface area contributed by atoms with Crippen molar-refractivity contribution in [1.29, 1.82) is 0 Å². The van der Waals surface area contributed by atoms with Gasteiger partial charge in [0.05, 0.1) is 10.2 Å². The molecule has 1 amide bonds. The van der Waals surface area contributed by atoms with Gasteiger partial charge in [0.1, 0.15) is 5.82 Å². The third-order valence-electron chi connectivity index (χ3n) is 3.43. The Kier molecular flexibility index (Phi) is 4.21. The van der Waals surface area contributed by atoms with Crippen LogP contribution in [0.15, 0.2) is 60.1 Å². The molecule has 2 aromatic carbocycles. The number of aromatic nitrogens is 1. The first-order valence-electron chi connectivity index (χ1n) is 7.14. The number of rotatable bonds is 3. The number of nitrogens with zero attached hydrogens (tertiary/aromatic N) is 2. The molecule has 0 radical (unpaired) electrons. The average molecular weight is 326 g/mol. The number of amides is 1. The lowest BCUT2D eigenvalue weighted by molar-refractivity contribution is 0.0998. The van der Waals surface area contributed by atoms with E-state index in [4.69, 9.17) is 0 Å². The van der Waals surface area contributed by atoms with Gasteiger partial charge >= 0.3 is 0 Å². The molecular formula is C18H15FN2OS. The zero-order valence-corrected chi connectivity index (χ0v) is 13.4. The molecule has 0 aliphatic heterocycles. The molecule has 0 aliphatic rings. The Bertz CT molecular complexity index is 969. The summed E-state index contributed by atoms with van der Waals surface area (Å²) in [5, 5.41) is 0. The zero-order chi connectivity index (χ0) is 16.4. The lowest BCUT2D eigenvalue weighted by atomic mass is 10.1. The molecule has 3 rings (SSSR count). The minimum Gasteiger partial charge on any atom is -0.310 e. The van der Waals surface area contributed by atoms with Gasteiger partial charge in [-0.05, 0) is 31.2 Å². The maximum Gasteiger partial charge on any atom is 0.279 e. The van der Waals surface area contributed by atoms with Crippen LogP contribution in [0, 0.1) is 12.7 Å². The summed E-state index contributed by atoms with van der Waals surface area (Å²) in [5.41, 5.74) is 1.97. The number of carbonyl (C=O) groups is 1. The maximum atomic E-state index is 14.1. The lowest BCUT2D eigenvalue weighted by Crippen LogP contribution is -2.16. The topological polar surface area (TPSA) is 34.4 Å². The Morgan fingerprint density at radius 3 is 2.87 bits per heavy atom. The highest BCUT2D eigenvalue weighted by Crippen LogP contribution is 2.20. The molecule has 3 nitrogen and oxygen atoms in total. The van der Waals surface area contributed by atoms with Crippen LogP contribution < -0.4 is 4.80 Å². The van der Waals surface area contributed by atoms with E-state index < -0.39 is 0 Å². The normalized spacial score (nSPS) is 11.8. The number of para-hydroxylation sites is 1. The summed E-state index contributed by atoms with van der Waals surface area (Å²) >= 11 is 1.29. The second-order valence-corrected chi connectivity index (χ2v) is 6.17. The molecule has 116 valence electrons. The molecule has 0 atom stereocenters. The highest BCUT2D eigenvalue weighted by Gasteiger charge is 2.11. The minimum absolute atomic E-state index is 0.329. The van der Waals surface area contributed by atoms with Gasteiger partial charge in [0.15, 0.2) is 4.80 Å². The summed E-state index contributed by atoms with van der Waals surface area (Å²) in [6.07, 6.45) is 1.66. The van der Waals surface area contributed by atoms with Gasteiger partial charge in [-0.25, -0.2) is 4.39 Å². The van der Waals surface area contributed by atoms with Crippen molar-refractivity contribution in [1.82, 2.24) is 4.57 Å². The maximum absolute atomic E-state index is 14.1. The summed E-state index contributed by atoms with van der Waals surface area (Å²) in [5.74, 6) is -0.663. The molecule has 1 aromatic heterocycles. The van der Waals surface area contributed by atoms with Gasteiger partial charge in [-0.3, -0.25) is 4.79 Å². The molecule has 0 N–H and O–H groups in total. The molecule has 0 aliphatic carbocycles. The molecule has 0 saturated heterocycles. The van der Waals surface area contributed by atoms with E-state index in [9.17, 15) is 9.18 Å². The van der Waals surface area contributed by atoms with E-state index in [1.54, 1.807) is 28.8 Å². The molecule has 0 saturated carbocycles. The van der Waals surface area contributed by atoms with E-state index in [1.807, 2.05) is 25.1 Å². The van der Waals surface area contributed by atoms with Gasteiger partial charge in [0, 0.05) is 12.1 Å². The quantitative estimate of drug-likeness (QED) is 0.668. The molecule has 0 bridgehead atoms. The Morgan fingerprint density at radius 2 is 2.13 bits per heavy atom. The van der Waals surface area contributed by atoms with Crippen molar-refractivity contribution < 1.29 is 9.18 Å².